The Morgan fingerprint density at radius 2 is 2.00 bits per heavy atom. The fraction of sp³-hybridized carbons (Fsp3) is 0.261. The van der Waals surface area contributed by atoms with E-state index in [1.165, 1.54) is 12.1 Å². The minimum atomic E-state index is -0.332. The predicted molar refractivity (Wildman–Crippen MR) is 116 cm³/mol. The fourth-order valence-corrected chi connectivity index (χ4v) is 3.50. The van der Waals surface area contributed by atoms with Crippen molar-refractivity contribution in [2.75, 3.05) is 19.0 Å². The number of hydrogen-bond donors (Lipinski definition) is 0. The van der Waals surface area contributed by atoms with Crippen molar-refractivity contribution in [2.45, 2.75) is 26.6 Å². The molecule has 0 aliphatic heterocycles. The zero-order chi connectivity index (χ0) is 22.0. The van der Waals surface area contributed by atoms with Crippen LogP contribution in [0.25, 0.3) is 10.9 Å². The Balaban J connectivity index is 1.68. The lowest BCUT2D eigenvalue weighted by atomic mass is 10.1. The second kappa shape index (κ2) is 8.59. The first-order valence-corrected chi connectivity index (χ1v) is 9.96. The van der Waals surface area contributed by atoms with E-state index in [0.717, 1.165) is 16.6 Å². The summed E-state index contributed by atoms with van der Waals surface area (Å²) in [6, 6.07) is 12.0. The average molecular weight is 421 g/mol. The number of carbonyl (C=O) groups is 1. The summed E-state index contributed by atoms with van der Waals surface area (Å²) in [5.74, 6) is 0.947. The molecule has 0 N–H and O–H groups in total. The molecule has 0 aliphatic rings. The number of pyridine rings is 1. The molecule has 160 valence electrons. The third-order valence-electron chi connectivity index (χ3n) is 4.97. The highest BCUT2D eigenvalue weighted by Gasteiger charge is 2.20. The molecule has 4 aromatic rings. The quantitative estimate of drug-likeness (QED) is 0.454. The van der Waals surface area contributed by atoms with Gasteiger partial charge in [0.1, 0.15) is 23.9 Å². The van der Waals surface area contributed by atoms with Gasteiger partial charge in [0.2, 0.25) is 5.91 Å². The molecule has 0 spiro atoms. The van der Waals surface area contributed by atoms with Crippen LogP contribution < -0.4 is 4.90 Å². The molecule has 0 fully saturated rings. The van der Waals surface area contributed by atoms with Gasteiger partial charge in [0.05, 0.1) is 24.0 Å². The lowest BCUT2D eigenvalue weighted by molar-refractivity contribution is -0.133. The number of aromatic nitrogens is 3. The minimum absolute atomic E-state index is 0.0941. The predicted octanol–water partition coefficient (Wildman–Crippen LogP) is 3.77. The number of nitrogens with zero attached hydrogens (tertiary/aromatic N) is 5. The topological polar surface area (TPSA) is 67.4 Å². The fourth-order valence-electron chi connectivity index (χ4n) is 3.50. The number of carbonyl (C=O) groups excluding carboxylic acids is 1. The molecule has 0 unspecified atom stereocenters. The molecule has 4 rings (SSSR count). The third-order valence-corrected chi connectivity index (χ3v) is 4.97. The van der Waals surface area contributed by atoms with Crippen molar-refractivity contribution < 1.29 is 13.6 Å². The van der Waals surface area contributed by atoms with Gasteiger partial charge >= 0.3 is 0 Å². The van der Waals surface area contributed by atoms with Crippen molar-refractivity contribution in [1.82, 2.24) is 19.7 Å². The van der Waals surface area contributed by atoms with E-state index in [9.17, 15) is 9.18 Å². The highest BCUT2D eigenvalue weighted by atomic mass is 19.1. The van der Waals surface area contributed by atoms with Crippen LogP contribution in [-0.2, 0) is 24.4 Å². The molecule has 0 saturated heterocycles. The number of halogens is 1. The van der Waals surface area contributed by atoms with Crippen molar-refractivity contribution in [3.05, 3.63) is 77.8 Å². The van der Waals surface area contributed by atoms with E-state index in [4.69, 9.17) is 4.42 Å². The maximum atomic E-state index is 13.7. The molecule has 3 heterocycles. The van der Waals surface area contributed by atoms with E-state index in [-0.39, 0.29) is 18.3 Å². The van der Waals surface area contributed by atoms with Gasteiger partial charge in [-0.3, -0.25) is 9.48 Å². The van der Waals surface area contributed by atoms with Crippen molar-refractivity contribution in [1.29, 1.82) is 0 Å². The first-order valence-electron chi connectivity index (χ1n) is 9.96. The van der Waals surface area contributed by atoms with Crippen LogP contribution in [0.1, 0.15) is 17.0 Å². The van der Waals surface area contributed by atoms with Gasteiger partial charge in [0, 0.05) is 43.9 Å². The van der Waals surface area contributed by atoms with Gasteiger partial charge in [-0.25, -0.2) is 9.37 Å². The molecule has 7 nitrogen and oxygen atoms in total. The molecule has 0 radical (unpaired) electrons. The summed E-state index contributed by atoms with van der Waals surface area (Å²) >= 11 is 0. The van der Waals surface area contributed by atoms with Gasteiger partial charge in [-0.15, -0.1) is 0 Å². The van der Waals surface area contributed by atoms with E-state index in [1.54, 1.807) is 34.2 Å². The van der Waals surface area contributed by atoms with E-state index < -0.39 is 0 Å². The molecule has 0 saturated carbocycles. The highest BCUT2D eigenvalue weighted by Crippen LogP contribution is 2.25. The smallest absolute Gasteiger partial charge is 0.245 e. The molecule has 0 bridgehead atoms. The van der Waals surface area contributed by atoms with Crippen molar-refractivity contribution in [3.63, 3.8) is 0 Å². The number of anilines is 1. The summed E-state index contributed by atoms with van der Waals surface area (Å²) in [4.78, 5) is 21.4. The standard InChI is InChI=1S/C23H24FN5O2/c1-16-8-9-29(26-16)15-22(30)28(14-20-5-4-10-31-20)13-18-11-17-6-7-19(24)12-21(17)25-23(18)27(2)3/h4-12H,13-15H2,1-3H3. The molecule has 1 aromatic carbocycles. The Morgan fingerprint density at radius 1 is 1.16 bits per heavy atom. The zero-order valence-corrected chi connectivity index (χ0v) is 17.7. The molecule has 8 heteroatoms. The summed E-state index contributed by atoms with van der Waals surface area (Å²) < 4.78 is 20.8. The van der Waals surface area contributed by atoms with E-state index in [0.29, 0.717) is 30.2 Å². The second-order valence-corrected chi connectivity index (χ2v) is 7.69. The molecule has 3 aromatic heterocycles. The number of benzene rings is 1. The molecular formula is C23H24FN5O2. The summed E-state index contributed by atoms with van der Waals surface area (Å²) in [5.41, 5.74) is 2.29. The number of fused-ring (bicyclic) bond motifs is 1. The van der Waals surface area contributed by atoms with Gasteiger partial charge in [-0.2, -0.15) is 5.10 Å². The van der Waals surface area contributed by atoms with Gasteiger partial charge < -0.3 is 14.2 Å². The lowest BCUT2D eigenvalue weighted by Gasteiger charge is -2.25. The lowest BCUT2D eigenvalue weighted by Crippen LogP contribution is -2.33. The monoisotopic (exact) mass is 421 g/mol. The summed E-state index contributed by atoms with van der Waals surface area (Å²) in [6.45, 7) is 2.65. The average Bonchev–Trinajstić information content (AvgIpc) is 3.38. The van der Waals surface area contributed by atoms with E-state index in [2.05, 4.69) is 10.1 Å². The summed E-state index contributed by atoms with van der Waals surface area (Å²) in [5, 5.41) is 5.14. The van der Waals surface area contributed by atoms with Crippen molar-refractivity contribution >= 4 is 22.6 Å². The van der Waals surface area contributed by atoms with Crippen LogP contribution in [0.15, 0.2) is 59.3 Å². The maximum absolute atomic E-state index is 13.7. The van der Waals surface area contributed by atoms with Gasteiger partial charge in [0.25, 0.3) is 0 Å². The Kier molecular flexibility index (Phi) is 5.70. The van der Waals surface area contributed by atoms with Crippen LogP contribution >= 0.6 is 0 Å². The molecule has 1 amide bonds. The normalized spacial score (nSPS) is 11.1. The Morgan fingerprint density at radius 3 is 2.68 bits per heavy atom. The van der Waals surface area contributed by atoms with Crippen LogP contribution in [0.4, 0.5) is 10.2 Å². The SMILES string of the molecule is Cc1ccn(CC(=O)N(Cc2ccco2)Cc2cc3ccc(F)cc3nc2N(C)C)n1. The maximum Gasteiger partial charge on any atom is 0.245 e. The highest BCUT2D eigenvalue weighted by molar-refractivity contribution is 5.82. The number of furan rings is 1. The first kappa shape index (κ1) is 20.6. The van der Waals surface area contributed by atoms with Crippen LogP contribution in [0, 0.1) is 12.7 Å². The Hall–Kier alpha value is -3.68. The second-order valence-electron chi connectivity index (χ2n) is 7.69. The van der Waals surface area contributed by atoms with Crippen molar-refractivity contribution in [2.24, 2.45) is 0 Å². The number of amides is 1. The van der Waals surface area contributed by atoms with Crippen LogP contribution in [-0.4, -0.2) is 39.7 Å². The van der Waals surface area contributed by atoms with E-state index in [1.807, 2.05) is 44.1 Å². The number of hydrogen-bond acceptors (Lipinski definition) is 5. The molecule has 0 aliphatic carbocycles. The van der Waals surface area contributed by atoms with Crippen LogP contribution in [0.5, 0.6) is 0 Å². The third kappa shape index (κ3) is 4.74. The van der Waals surface area contributed by atoms with Crippen LogP contribution in [0.2, 0.25) is 0 Å². The molecular weight excluding hydrogens is 397 g/mol. The number of rotatable bonds is 7. The summed E-state index contributed by atoms with van der Waals surface area (Å²) in [6.07, 6.45) is 3.38. The number of aryl methyl sites for hydroxylation is 1. The largest absolute Gasteiger partial charge is 0.467 e. The van der Waals surface area contributed by atoms with E-state index >= 15 is 0 Å². The van der Waals surface area contributed by atoms with Crippen LogP contribution in [0.3, 0.4) is 0 Å². The minimum Gasteiger partial charge on any atom is -0.467 e. The molecule has 31 heavy (non-hydrogen) atoms. The van der Waals surface area contributed by atoms with Gasteiger partial charge in [0.15, 0.2) is 0 Å². The molecule has 0 atom stereocenters. The first-order chi connectivity index (χ1) is 14.9. The zero-order valence-electron chi connectivity index (χ0n) is 17.7. The Labute approximate surface area is 179 Å². The van der Waals surface area contributed by atoms with Crippen molar-refractivity contribution in [3.8, 4) is 0 Å². The van der Waals surface area contributed by atoms with Gasteiger partial charge in [-0.05, 0) is 43.3 Å². The Bertz CT molecular complexity index is 1200. The summed E-state index contributed by atoms with van der Waals surface area (Å²) in [7, 11) is 3.75. The van der Waals surface area contributed by atoms with Gasteiger partial charge in [-0.1, -0.05) is 0 Å².